The van der Waals surface area contributed by atoms with Gasteiger partial charge in [0.05, 0.1) is 6.57 Å². The van der Waals surface area contributed by atoms with Crippen LogP contribution in [0.4, 0.5) is 14.5 Å². The largest absolute Gasteiger partial charge is 0.235 e. The quantitative estimate of drug-likeness (QED) is 0.464. The molecular formula is C7H2BrF2N. The zero-order valence-corrected chi connectivity index (χ0v) is 6.82. The van der Waals surface area contributed by atoms with Crippen LogP contribution in [0.25, 0.3) is 4.85 Å². The first-order chi connectivity index (χ1) is 5.15. The minimum Gasteiger partial charge on any atom is -0.235 e. The predicted octanol–water partition coefficient (Wildman–Crippen LogP) is 3.28. The van der Waals surface area contributed by atoms with E-state index in [2.05, 4.69) is 20.8 Å². The van der Waals surface area contributed by atoms with Gasteiger partial charge in [0.25, 0.3) is 0 Å². The first-order valence-electron chi connectivity index (χ1n) is 2.67. The predicted molar refractivity (Wildman–Crippen MR) is 40.3 cm³/mol. The van der Waals surface area contributed by atoms with Crippen molar-refractivity contribution in [3.63, 3.8) is 0 Å². The molecule has 56 valence electrons. The third-order valence-electron chi connectivity index (χ3n) is 1.09. The Balaban J connectivity index is 3.39. The first kappa shape index (κ1) is 8.15. The summed E-state index contributed by atoms with van der Waals surface area (Å²) < 4.78 is 25.4. The molecule has 0 saturated carbocycles. The molecule has 0 amide bonds. The van der Waals surface area contributed by atoms with Gasteiger partial charge in [-0.3, -0.25) is 0 Å². The van der Waals surface area contributed by atoms with Gasteiger partial charge in [0.15, 0.2) is 5.82 Å². The van der Waals surface area contributed by atoms with Crippen molar-refractivity contribution in [2.24, 2.45) is 0 Å². The lowest BCUT2D eigenvalue weighted by Gasteiger charge is -1.95. The summed E-state index contributed by atoms with van der Waals surface area (Å²) in [4.78, 5) is 2.80. The lowest BCUT2D eigenvalue weighted by atomic mass is 10.3. The van der Waals surface area contributed by atoms with Crippen molar-refractivity contribution in [2.75, 3.05) is 0 Å². The molecule has 4 heteroatoms. The van der Waals surface area contributed by atoms with Crippen LogP contribution in [0, 0.1) is 18.2 Å². The van der Waals surface area contributed by atoms with Gasteiger partial charge in [-0.2, -0.15) is 0 Å². The zero-order valence-electron chi connectivity index (χ0n) is 5.24. The van der Waals surface area contributed by atoms with Crippen molar-refractivity contribution in [1.29, 1.82) is 0 Å². The van der Waals surface area contributed by atoms with Crippen LogP contribution in [0.15, 0.2) is 16.6 Å². The first-order valence-corrected chi connectivity index (χ1v) is 3.46. The monoisotopic (exact) mass is 217 g/mol. The standard InChI is InChI=1S/C7H2BrF2N/c1-11-6-3-4(8)2-5(9)7(6)10/h2-3H. The summed E-state index contributed by atoms with van der Waals surface area (Å²) in [5.74, 6) is -2.10. The van der Waals surface area contributed by atoms with Crippen LogP contribution >= 0.6 is 15.9 Å². The highest BCUT2D eigenvalue weighted by Gasteiger charge is 2.08. The van der Waals surface area contributed by atoms with Crippen LogP contribution < -0.4 is 0 Å². The maximum absolute atomic E-state index is 12.6. The van der Waals surface area contributed by atoms with E-state index in [1.807, 2.05) is 0 Å². The van der Waals surface area contributed by atoms with Crippen molar-refractivity contribution in [3.05, 3.63) is 39.7 Å². The fourth-order valence-corrected chi connectivity index (χ4v) is 1.04. The van der Waals surface area contributed by atoms with Gasteiger partial charge >= 0.3 is 0 Å². The van der Waals surface area contributed by atoms with Crippen LogP contribution in [0.3, 0.4) is 0 Å². The van der Waals surface area contributed by atoms with E-state index in [-0.39, 0.29) is 5.69 Å². The molecule has 0 aliphatic carbocycles. The average Bonchev–Trinajstić information content (AvgIpc) is 1.96. The van der Waals surface area contributed by atoms with Crippen molar-refractivity contribution < 1.29 is 8.78 Å². The van der Waals surface area contributed by atoms with Crippen LogP contribution in [-0.4, -0.2) is 0 Å². The Morgan fingerprint density at radius 2 is 2.00 bits per heavy atom. The number of rotatable bonds is 0. The van der Waals surface area contributed by atoms with Crippen LogP contribution in [0.5, 0.6) is 0 Å². The van der Waals surface area contributed by atoms with Crippen LogP contribution in [-0.2, 0) is 0 Å². The summed E-state index contributed by atoms with van der Waals surface area (Å²) in [6.45, 7) is 6.48. The molecular weight excluding hydrogens is 216 g/mol. The summed E-state index contributed by atoms with van der Waals surface area (Å²) in [6, 6.07) is 2.20. The molecule has 1 rings (SSSR count). The molecule has 0 aliphatic heterocycles. The molecule has 0 radical (unpaired) electrons. The Hall–Kier alpha value is -0.950. The summed E-state index contributed by atoms with van der Waals surface area (Å²) in [5, 5.41) is 0. The molecule has 1 nitrogen and oxygen atoms in total. The maximum atomic E-state index is 12.6. The summed E-state index contributed by atoms with van der Waals surface area (Å²) in [6.07, 6.45) is 0. The molecule has 0 atom stereocenters. The molecule has 0 aromatic heterocycles. The number of hydrogen-bond acceptors (Lipinski definition) is 0. The highest BCUT2D eigenvalue weighted by Crippen LogP contribution is 2.25. The molecule has 0 spiro atoms. The van der Waals surface area contributed by atoms with Gasteiger partial charge in [0.1, 0.15) is 5.82 Å². The fraction of sp³-hybridized carbons (Fsp3) is 0. The Labute approximate surface area is 70.6 Å². The summed E-state index contributed by atoms with van der Waals surface area (Å²) in [7, 11) is 0. The molecule has 0 bridgehead atoms. The molecule has 0 heterocycles. The van der Waals surface area contributed by atoms with Crippen molar-refractivity contribution in [2.45, 2.75) is 0 Å². The Bertz CT molecular complexity index is 330. The van der Waals surface area contributed by atoms with E-state index >= 15 is 0 Å². The van der Waals surface area contributed by atoms with Gasteiger partial charge in [-0.15, -0.1) is 0 Å². The highest BCUT2D eigenvalue weighted by molar-refractivity contribution is 9.10. The van der Waals surface area contributed by atoms with Crippen LogP contribution in [0.2, 0.25) is 0 Å². The smallest absolute Gasteiger partial charge is 0.226 e. The average molecular weight is 218 g/mol. The summed E-state index contributed by atoms with van der Waals surface area (Å²) >= 11 is 2.94. The lowest BCUT2D eigenvalue weighted by Crippen LogP contribution is -1.82. The van der Waals surface area contributed by atoms with E-state index in [1.54, 1.807) is 0 Å². The van der Waals surface area contributed by atoms with Gasteiger partial charge in [-0.05, 0) is 12.1 Å². The number of nitrogens with zero attached hydrogens (tertiary/aromatic N) is 1. The molecule has 1 aromatic rings. The second kappa shape index (κ2) is 2.97. The van der Waals surface area contributed by atoms with E-state index < -0.39 is 11.6 Å². The topological polar surface area (TPSA) is 4.36 Å². The second-order valence-corrected chi connectivity index (χ2v) is 2.75. The minimum absolute atomic E-state index is 0.308. The number of hydrogen-bond donors (Lipinski definition) is 0. The Kier molecular flexibility index (Phi) is 2.20. The van der Waals surface area contributed by atoms with Gasteiger partial charge in [0.2, 0.25) is 5.69 Å². The molecule has 11 heavy (non-hydrogen) atoms. The third-order valence-corrected chi connectivity index (χ3v) is 1.55. The van der Waals surface area contributed by atoms with Gasteiger partial charge in [-0.1, -0.05) is 15.9 Å². The Morgan fingerprint density at radius 1 is 1.36 bits per heavy atom. The maximum Gasteiger partial charge on any atom is 0.226 e. The van der Waals surface area contributed by atoms with Crippen LogP contribution in [0.1, 0.15) is 0 Å². The van der Waals surface area contributed by atoms with Crippen molar-refractivity contribution in [1.82, 2.24) is 0 Å². The van der Waals surface area contributed by atoms with E-state index in [4.69, 9.17) is 6.57 Å². The molecule has 0 aliphatic rings. The van der Waals surface area contributed by atoms with Crippen molar-refractivity contribution in [3.8, 4) is 0 Å². The van der Waals surface area contributed by atoms with Gasteiger partial charge < -0.3 is 0 Å². The number of halogens is 3. The van der Waals surface area contributed by atoms with Crippen molar-refractivity contribution >= 4 is 21.6 Å². The molecule has 0 saturated heterocycles. The Morgan fingerprint density at radius 3 is 2.55 bits per heavy atom. The van der Waals surface area contributed by atoms with E-state index in [1.165, 1.54) is 6.07 Å². The molecule has 0 N–H and O–H groups in total. The SMILES string of the molecule is [C-]#[N+]c1cc(Br)cc(F)c1F. The third kappa shape index (κ3) is 1.55. The molecule has 1 aromatic carbocycles. The normalized spacial score (nSPS) is 9.27. The van der Waals surface area contributed by atoms with Gasteiger partial charge in [-0.25, -0.2) is 13.6 Å². The fourth-order valence-electron chi connectivity index (χ4n) is 0.624. The zero-order chi connectivity index (χ0) is 8.43. The van der Waals surface area contributed by atoms with E-state index in [0.29, 0.717) is 4.47 Å². The van der Waals surface area contributed by atoms with E-state index in [0.717, 1.165) is 6.07 Å². The minimum atomic E-state index is -1.09. The lowest BCUT2D eigenvalue weighted by molar-refractivity contribution is 0.512. The molecule has 0 fully saturated rings. The summed E-state index contributed by atoms with van der Waals surface area (Å²) in [5.41, 5.74) is -0.308. The second-order valence-electron chi connectivity index (χ2n) is 1.83. The number of benzene rings is 1. The molecule has 0 unspecified atom stereocenters. The highest BCUT2D eigenvalue weighted by atomic mass is 79.9. The van der Waals surface area contributed by atoms with Gasteiger partial charge in [0, 0.05) is 4.47 Å². The van der Waals surface area contributed by atoms with E-state index in [9.17, 15) is 8.78 Å².